The summed E-state index contributed by atoms with van der Waals surface area (Å²) in [7, 11) is 0. The summed E-state index contributed by atoms with van der Waals surface area (Å²) >= 11 is 0. The van der Waals surface area contributed by atoms with Gasteiger partial charge in [-0.2, -0.15) is 0 Å². The third-order valence-electron chi connectivity index (χ3n) is 2.74. The first kappa shape index (κ1) is 8.75. The summed E-state index contributed by atoms with van der Waals surface area (Å²) in [5.41, 5.74) is 0.996. The van der Waals surface area contributed by atoms with Crippen molar-refractivity contribution in [3.63, 3.8) is 0 Å². The van der Waals surface area contributed by atoms with Crippen molar-refractivity contribution in [1.82, 2.24) is 5.16 Å². The number of aromatic nitrogens is 1. The Morgan fingerprint density at radius 2 is 2.23 bits per heavy atom. The van der Waals surface area contributed by atoms with Gasteiger partial charge in [0.1, 0.15) is 6.61 Å². The number of rotatable bonds is 3. The molecule has 1 aromatic rings. The molecule has 0 atom stereocenters. The van der Waals surface area contributed by atoms with Crippen LogP contribution in [0.3, 0.4) is 0 Å². The molecule has 0 amide bonds. The molecule has 2 rings (SSSR count). The molecular formula is C10H15NO2. The second-order valence-electron chi connectivity index (χ2n) is 3.80. The molecule has 1 aliphatic rings. The SMILES string of the molecule is OCc1cc(CC2CCCC2)no1. The molecule has 0 aliphatic heterocycles. The van der Waals surface area contributed by atoms with E-state index < -0.39 is 0 Å². The molecule has 0 unspecified atom stereocenters. The highest BCUT2D eigenvalue weighted by Gasteiger charge is 2.17. The van der Waals surface area contributed by atoms with Crippen molar-refractivity contribution in [2.24, 2.45) is 5.92 Å². The van der Waals surface area contributed by atoms with Crippen LogP contribution in [-0.4, -0.2) is 10.3 Å². The Bertz CT molecular complexity index is 264. The Morgan fingerprint density at radius 3 is 2.85 bits per heavy atom. The van der Waals surface area contributed by atoms with Crippen LogP contribution in [0.15, 0.2) is 10.6 Å². The Labute approximate surface area is 77.7 Å². The second-order valence-corrected chi connectivity index (χ2v) is 3.80. The standard InChI is InChI=1S/C10H15NO2/c12-7-10-6-9(11-13-10)5-8-3-1-2-4-8/h6,8,12H,1-5,7H2. The van der Waals surface area contributed by atoms with Crippen molar-refractivity contribution < 1.29 is 9.63 Å². The van der Waals surface area contributed by atoms with Crippen LogP contribution >= 0.6 is 0 Å². The fraction of sp³-hybridized carbons (Fsp3) is 0.700. The Kier molecular flexibility index (Phi) is 2.64. The number of aliphatic hydroxyl groups excluding tert-OH is 1. The van der Waals surface area contributed by atoms with Crippen molar-refractivity contribution in [3.05, 3.63) is 17.5 Å². The summed E-state index contributed by atoms with van der Waals surface area (Å²) < 4.78 is 4.92. The molecule has 72 valence electrons. The van der Waals surface area contributed by atoms with Gasteiger partial charge in [-0.05, 0) is 12.3 Å². The highest BCUT2D eigenvalue weighted by molar-refractivity contribution is 5.05. The number of nitrogens with zero attached hydrogens (tertiary/aromatic N) is 1. The minimum atomic E-state index is -0.0440. The minimum absolute atomic E-state index is 0.0440. The van der Waals surface area contributed by atoms with Crippen molar-refractivity contribution in [3.8, 4) is 0 Å². The lowest BCUT2D eigenvalue weighted by molar-refractivity contribution is 0.228. The van der Waals surface area contributed by atoms with Gasteiger partial charge in [-0.25, -0.2) is 0 Å². The molecule has 1 heterocycles. The van der Waals surface area contributed by atoms with Crippen LogP contribution in [0.4, 0.5) is 0 Å². The van der Waals surface area contributed by atoms with E-state index in [0.717, 1.165) is 18.0 Å². The van der Waals surface area contributed by atoms with Crippen molar-refractivity contribution in [2.75, 3.05) is 0 Å². The molecule has 0 bridgehead atoms. The van der Waals surface area contributed by atoms with Gasteiger partial charge in [0.15, 0.2) is 5.76 Å². The fourth-order valence-corrected chi connectivity index (χ4v) is 2.04. The Hall–Kier alpha value is -0.830. The van der Waals surface area contributed by atoms with E-state index in [4.69, 9.17) is 9.63 Å². The largest absolute Gasteiger partial charge is 0.388 e. The van der Waals surface area contributed by atoms with Crippen molar-refractivity contribution in [1.29, 1.82) is 0 Å². The lowest BCUT2D eigenvalue weighted by Crippen LogP contribution is -1.98. The van der Waals surface area contributed by atoms with Crippen molar-refractivity contribution >= 4 is 0 Å². The fourth-order valence-electron chi connectivity index (χ4n) is 2.04. The zero-order valence-electron chi connectivity index (χ0n) is 7.70. The first-order valence-electron chi connectivity index (χ1n) is 4.94. The zero-order valence-corrected chi connectivity index (χ0v) is 7.70. The van der Waals surface area contributed by atoms with Crippen LogP contribution in [0.2, 0.25) is 0 Å². The van der Waals surface area contributed by atoms with Gasteiger partial charge in [0, 0.05) is 6.07 Å². The summed E-state index contributed by atoms with van der Waals surface area (Å²) in [6, 6.07) is 1.86. The second kappa shape index (κ2) is 3.92. The van der Waals surface area contributed by atoms with E-state index in [1.54, 1.807) is 0 Å². The maximum atomic E-state index is 8.78. The molecule has 1 saturated carbocycles. The van der Waals surface area contributed by atoms with Gasteiger partial charge < -0.3 is 9.63 Å². The summed E-state index contributed by atoms with van der Waals surface area (Å²) in [4.78, 5) is 0. The molecular weight excluding hydrogens is 166 g/mol. The average molecular weight is 181 g/mol. The van der Waals surface area contributed by atoms with Crippen LogP contribution in [0.25, 0.3) is 0 Å². The highest BCUT2D eigenvalue weighted by atomic mass is 16.5. The molecule has 0 radical (unpaired) electrons. The topological polar surface area (TPSA) is 46.3 Å². The van der Waals surface area contributed by atoms with Crippen LogP contribution in [0.5, 0.6) is 0 Å². The van der Waals surface area contributed by atoms with Gasteiger partial charge in [-0.1, -0.05) is 30.8 Å². The summed E-state index contributed by atoms with van der Waals surface area (Å²) in [6.07, 6.45) is 6.37. The molecule has 1 N–H and O–H groups in total. The van der Waals surface area contributed by atoms with Crippen LogP contribution < -0.4 is 0 Å². The number of aliphatic hydroxyl groups is 1. The van der Waals surface area contributed by atoms with E-state index in [-0.39, 0.29) is 6.61 Å². The van der Waals surface area contributed by atoms with E-state index in [9.17, 15) is 0 Å². The smallest absolute Gasteiger partial charge is 0.162 e. The number of hydrogen-bond donors (Lipinski definition) is 1. The normalized spacial score (nSPS) is 18.2. The molecule has 3 heteroatoms. The van der Waals surface area contributed by atoms with Gasteiger partial charge in [-0.3, -0.25) is 0 Å². The predicted octanol–water partition coefficient (Wildman–Crippen LogP) is 1.90. The quantitative estimate of drug-likeness (QED) is 0.774. The lowest BCUT2D eigenvalue weighted by atomic mass is 10.0. The van der Waals surface area contributed by atoms with Crippen LogP contribution in [0, 0.1) is 5.92 Å². The van der Waals surface area contributed by atoms with E-state index in [1.165, 1.54) is 25.7 Å². The van der Waals surface area contributed by atoms with Gasteiger partial charge >= 0.3 is 0 Å². The molecule has 1 aromatic heterocycles. The first-order chi connectivity index (χ1) is 6.38. The molecule has 0 saturated heterocycles. The molecule has 1 fully saturated rings. The zero-order chi connectivity index (χ0) is 9.10. The van der Waals surface area contributed by atoms with Crippen LogP contribution in [0.1, 0.15) is 37.1 Å². The lowest BCUT2D eigenvalue weighted by Gasteiger charge is -2.03. The summed E-state index contributed by atoms with van der Waals surface area (Å²) in [5, 5.41) is 12.7. The van der Waals surface area contributed by atoms with Gasteiger partial charge in [-0.15, -0.1) is 0 Å². The third-order valence-corrected chi connectivity index (χ3v) is 2.74. The molecule has 0 aromatic carbocycles. The van der Waals surface area contributed by atoms with E-state index in [1.807, 2.05) is 6.07 Å². The van der Waals surface area contributed by atoms with Gasteiger partial charge in [0.25, 0.3) is 0 Å². The predicted molar refractivity (Wildman–Crippen MR) is 48.1 cm³/mol. The number of hydrogen-bond acceptors (Lipinski definition) is 3. The van der Waals surface area contributed by atoms with Crippen molar-refractivity contribution in [2.45, 2.75) is 38.7 Å². The molecule has 0 spiro atoms. The van der Waals surface area contributed by atoms with Gasteiger partial charge in [0.05, 0.1) is 5.69 Å². The highest BCUT2D eigenvalue weighted by Crippen LogP contribution is 2.27. The molecule has 1 aliphatic carbocycles. The Balaban J connectivity index is 1.92. The monoisotopic (exact) mass is 181 g/mol. The summed E-state index contributed by atoms with van der Waals surface area (Å²) in [5.74, 6) is 1.37. The van der Waals surface area contributed by atoms with Gasteiger partial charge in [0.2, 0.25) is 0 Å². The third kappa shape index (κ3) is 2.10. The maximum Gasteiger partial charge on any atom is 0.162 e. The maximum absolute atomic E-state index is 8.78. The summed E-state index contributed by atoms with van der Waals surface area (Å²) in [6.45, 7) is -0.0440. The molecule has 13 heavy (non-hydrogen) atoms. The van der Waals surface area contributed by atoms with E-state index >= 15 is 0 Å². The Morgan fingerprint density at radius 1 is 1.46 bits per heavy atom. The average Bonchev–Trinajstić information content (AvgIpc) is 2.76. The first-order valence-corrected chi connectivity index (χ1v) is 4.94. The minimum Gasteiger partial charge on any atom is -0.388 e. The molecule has 3 nitrogen and oxygen atoms in total. The van der Waals surface area contributed by atoms with Crippen LogP contribution in [-0.2, 0) is 13.0 Å². The van der Waals surface area contributed by atoms with E-state index in [2.05, 4.69) is 5.16 Å². The van der Waals surface area contributed by atoms with E-state index in [0.29, 0.717) is 5.76 Å².